The molecule has 0 N–H and O–H groups in total. The zero-order valence-corrected chi connectivity index (χ0v) is 12.7. The van der Waals surface area contributed by atoms with Crippen LogP contribution < -0.4 is 0 Å². The van der Waals surface area contributed by atoms with Gasteiger partial charge in [-0.25, -0.2) is 8.42 Å². The van der Waals surface area contributed by atoms with Crippen molar-refractivity contribution in [1.29, 1.82) is 0 Å². The van der Waals surface area contributed by atoms with Crippen LogP contribution in [0.4, 0.5) is 13.2 Å². The van der Waals surface area contributed by atoms with E-state index in [1.165, 1.54) is 18.2 Å². The van der Waals surface area contributed by atoms with Gasteiger partial charge < -0.3 is 0 Å². The second-order valence-electron chi connectivity index (χ2n) is 3.60. The Morgan fingerprint density at radius 3 is 2.42 bits per heavy atom. The number of rotatable bonds is 5. The van der Waals surface area contributed by atoms with Crippen LogP contribution in [0, 0.1) is 0 Å². The standard InChI is InChI=1S/C10H10BrClF3NO2S/c11-4-5-16(7-10(13,14)15)19(17,18)9-3-1-2-8(12)6-9/h1-3,6H,4-5,7H2. The van der Waals surface area contributed by atoms with E-state index in [0.717, 1.165) is 6.07 Å². The van der Waals surface area contributed by atoms with Gasteiger partial charge in [-0.15, -0.1) is 0 Å². The lowest BCUT2D eigenvalue weighted by Gasteiger charge is -2.22. The van der Waals surface area contributed by atoms with E-state index >= 15 is 0 Å². The molecule has 9 heteroatoms. The van der Waals surface area contributed by atoms with Crippen molar-refractivity contribution in [2.45, 2.75) is 11.1 Å². The molecule has 1 aromatic rings. The van der Waals surface area contributed by atoms with Gasteiger partial charge in [0.15, 0.2) is 0 Å². The zero-order chi connectivity index (χ0) is 14.7. The van der Waals surface area contributed by atoms with Crippen molar-refractivity contribution >= 4 is 37.6 Å². The van der Waals surface area contributed by atoms with E-state index in [9.17, 15) is 21.6 Å². The van der Waals surface area contributed by atoms with Crippen molar-refractivity contribution in [3.8, 4) is 0 Å². The lowest BCUT2D eigenvalue weighted by molar-refractivity contribution is -0.135. The van der Waals surface area contributed by atoms with Crippen LogP contribution in [0.15, 0.2) is 29.2 Å². The largest absolute Gasteiger partial charge is 0.402 e. The molecule has 0 unspecified atom stereocenters. The molecule has 0 aromatic heterocycles. The van der Waals surface area contributed by atoms with E-state index in [1.54, 1.807) is 0 Å². The number of hydrogen-bond acceptors (Lipinski definition) is 2. The molecule has 0 aliphatic rings. The minimum absolute atomic E-state index is 0.100. The summed E-state index contributed by atoms with van der Waals surface area (Å²) in [6, 6.07) is 5.14. The first-order chi connectivity index (χ1) is 8.66. The molecule has 0 atom stereocenters. The van der Waals surface area contributed by atoms with Crippen LogP contribution in [-0.2, 0) is 10.0 Å². The summed E-state index contributed by atoms with van der Waals surface area (Å²) in [4.78, 5) is -0.259. The molecule has 0 fully saturated rings. The average molecular weight is 381 g/mol. The molecule has 3 nitrogen and oxygen atoms in total. The molecule has 1 aromatic carbocycles. The Kier molecular flexibility index (Phi) is 5.66. The van der Waals surface area contributed by atoms with Crippen molar-refractivity contribution < 1.29 is 21.6 Å². The summed E-state index contributed by atoms with van der Waals surface area (Å²) < 4.78 is 61.8. The van der Waals surface area contributed by atoms with Crippen LogP contribution in [0.3, 0.4) is 0 Å². The van der Waals surface area contributed by atoms with Crippen molar-refractivity contribution in [2.24, 2.45) is 0 Å². The lowest BCUT2D eigenvalue weighted by atomic mass is 10.4. The van der Waals surface area contributed by atoms with Gasteiger partial charge in [-0.3, -0.25) is 0 Å². The Balaban J connectivity index is 3.13. The van der Waals surface area contributed by atoms with Gasteiger partial charge in [-0.05, 0) is 18.2 Å². The van der Waals surface area contributed by atoms with E-state index in [2.05, 4.69) is 15.9 Å². The van der Waals surface area contributed by atoms with Crippen LogP contribution in [-0.4, -0.2) is 37.3 Å². The summed E-state index contributed by atoms with van der Waals surface area (Å²) in [5, 5.41) is 0.245. The molecule has 19 heavy (non-hydrogen) atoms. The van der Waals surface area contributed by atoms with Gasteiger partial charge in [0.05, 0.1) is 4.90 Å². The Bertz CT molecular complexity index is 536. The van der Waals surface area contributed by atoms with Crippen molar-refractivity contribution in [1.82, 2.24) is 4.31 Å². The summed E-state index contributed by atoms with van der Waals surface area (Å²) in [6.07, 6.45) is -4.60. The molecular formula is C10H10BrClF3NO2S. The third-order valence-corrected chi connectivity index (χ3v) is 4.55. The topological polar surface area (TPSA) is 37.4 Å². The predicted octanol–water partition coefficient (Wildman–Crippen LogP) is 3.29. The summed E-state index contributed by atoms with van der Waals surface area (Å²) in [5.41, 5.74) is 0. The van der Waals surface area contributed by atoms with Gasteiger partial charge in [0, 0.05) is 16.9 Å². The van der Waals surface area contributed by atoms with Crippen molar-refractivity contribution in [3.05, 3.63) is 29.3 Å². The van der Waals surface area contributed by atoms with E-state index in [0.29, 0.717) is 4.31 Å². The fraction of sp³-hybridized carbons (Fsp3) is 0.400. The van der Waals surface area contributed by atoms with Gasteiger partial charge in [0.1, 0.15) is 6.54 Å². The molecule has 0 aliphatic carbocycles. The molecule has 0 heterocycles. The SMILES string of the molecule is O=S(=O)(c1cccc(Cl)c1)N(CCBr)CC(F)(F)F. The summed E-state index contributed by atoms with van der Waals surface area (Å²) in [6.45, 7) is -1.82. The number of nitrogens with zero attached hydrogens (tertiary/aromatic N) is 1. The first kappa shape index (κ1) is 16.7. The smallest absolute Gasteiger partial charge is 0.207 e. The summed E-state index contributed by atoms with van der Waals surface area (Å²) in [7, 11) is -4.22. The molecule has 0 aliphatic heterocycles. The maximum absolute atomic E-state index is 12.4. The number of benzene rings is 1. The highest BCUT2D eigenvalue weighted by atomic mass is 79.9. The molecule has 108 valence electrons. The van der Waals surface area contributed by atoms with Gasteiger partial charge in [-0.1, -0.05) is 33.6 Å². The number of sulfonamides is 1. The monoisotopic (exact) mass is 379 g/mol. The fourth-order valence-corrected chi connectivity index (χ4v) is 3.75. The van der Waals surface area contributed by atoms with E-state index in [4.69, 9.17) is 11.6 Å². The Morgan fingerprint density at radius 1 is 1.32 bits per heavy atom. The molecule has 0 radical (unpaired) electrons. The second-order valence-corrected chi connectivity index (χ2v) is 6.77. The first-order valence-electron chi connectivity index (χ1n) is 5.05. The highest BCUT2D eigenvalue weighted by Gasteiger charge is 2.36. The Morgan fingerprint density at radius 2 is 1.95 bits per heavy atom. The van der Waals surface area contributed by atoms with Crippen molar-refractivity contribution in [3.63, 3.8) is 0 Å². The van der Waals surface area contributed by atoms with Gasteiger partial charge in [-0.2, -0.15) is 17.5 Å². The van der Waals surface area contributed by atoms with Crippen LogP contribution >= 0.6 is 27.5 Å². The van der Waals surface area contributed by atoms with E-state index in [-0.39, 0.29) is 21.8 Å². The molecular weight excluding hydrogens is 371 g/mol. The number of alkyl halides is 4. The van der Waals surface area contributed by atoms with Crippen molar-refractivity contribution in [2.75, 3.05) is 18.4 Å². The highest BCUT2D eigenvalue weighted by molar-refractivity contribution is 9.09. The summed E-state index contributed by atoms with van der Waals surface area (Å²) in [5.74, 6) is 0. The molecule has 0 spiro atoms. The minimum Gasteiger partial charge on any atom is -0.207 e. The maximum atomic E-state index is 12.4. The molecule has 0 saturated carbocycles. The minimum atomic E-state index is -4.60. The zero-order valence-electron chi connectivity index (χ0n) is 9.49. The Hall–Kier alpha value is -0.310. The average Bonchev–Trinajstić information content (AvgIpc) is 2.26. The Labute approximate surface area is 122 Å². The molecule has 0 amide bonds. The maximum Gasteiger partial charge on any atom is 0.402 e. The fourth-order valence-electron chi connectivity index (χ4n) is 1.35. The van der Waals surface area contributed by atoms with E-state index < -0.39 is 22.7 Å². The molecule has 1 rings (SSSR count). The predicted molar refractivity (Wildman–Crippen MR) is 70.1 cm³/mol. The highest BCUT2D eigenvalue weighted by Crippen LogP contribution is 2.24. The number of halogens is 5. The third kappa shape index (κ3) is 4.94. The quantitative estimate of drug-likeness (QED) is 0.735. The first-order valence-corrected chi connectivity index (χ1v) is 7.99. The summed E-state index contributed by atoms with van der Waals surface area (Å²) >= 11 is 8.59. The van der Waals surface area contributed by atoms with Crippen LogP contribution in [0.25, 0.3) is 0 Å². The lowest BCUT2D eigenvalue weighted by Crippen LogP contribution is -2.40. The van der Waals surface area contributed by atoms with Gasteiger partial charge in [0.25, 0.3) is 0 Å². The van der Waals surface area contributed by atoms with E-state index in [1.807, 2.05) is 0 Å². The van der Waals surface area contributed by atoms with Crippen LogP contribution in [0.5, 0.6) is 0 Å². The van der Waals surface area contributed by atoms with Gasteiger partial charge >= 0.3 is 6.18 Å². The normalized spacial score (nSPS) is 12.9. The second kappa shape index (κ2) is 6.43. The van der Waals surface area contributed by atoms with Crippen LogP contribution in [0.1, 0.15) is 0 Å². The molecule has 0 saturated heterocycles. The van der Waals surface area contributed by atoms with Crippen LogP contribution in [0.2, 0.25) is 5.02 Å². The van der Waals surface area contributed by atoms with Gasteiger partial charge in [0.2, 0.25) is 10.0 Å². The number of hydrogen-bond donors (Lipinski definition) is 0. The third-order valence-electron chi connectivity index (χ3n) is 2.12. The molecule has 0 bridgehead atoms.